The van der Waals surface area contributed by atoms with Crippen molar-refractivity contribution in [3.05, 3.63) is 176 Å². The van der Waals surface area contributed by atoms with Crippen molar-refractivity contribution in [1.29, 1.82) is 0 Å². The molecular formula is C49H29NO2. The van der Waals surface area contributed by atoms with E-state index in [0.29, 0.717) is 0 Å². The SMILES string of the molecule is c1ccc(-c2cc(-c3cc(-c4cccc5c4oc4ccccc45)cc(-c4cccc5c4oc4ccccc45)c3)nc3ccc4ccccc4c23)cc1. The summed E-state index contributed by atoms with van der Waals surface area (Å²) in [5, 5.41) is 7.97. The van der Waals surface area contributed by atoms with Gasteiger partial charge >= 0.3 is 0 Å². The average molecular weight is 664 g/mol. The lowest BCUT2D eigenvalue weighted by Gasteiger charge is -2.15. The van der Waals surface area contributed by atoms with E-state index in [0.717, 1.165) is 99.4 Å². The molecule has 0 spiro atoms. The molecule has 0 bridgehead atoms. The molecule has 0 radical (unpaired) electrons. The first-order chi connectivity index (χ1) is 25.8. The summed E-state index contributed by atoms with van der Waals surface area (Å²) >= 11 is 0. The maximum absolute atomic E-state index is 6.58. The summed E-state index contributed by atoms with van der Waals surface area (Å²) in [4.78, 5) is 5.40. The van der Waals surface area contributed by atoms with E-state index in [2.05, 4.69) is 152 Å². The van der Waals surface area contributed by atoms with Crippen LogP contribution in [-0.4, -0.2) is 4.98 Å². The number of fused-ring (bicyclic) bond motifs is 9. The molecule has 0 fully saturated rings. The third-order valence-electron chi connectivity index (χ3n) is 10.4. The Kier molecular flexibility index (Phi) is 6.25. The minimum absolute atomic E-state index is 0.872. The van der Waals surface area contributed by atoms with E-state index in [1.807, 2.05) is 24.3 Å². The van der Waals surface area contributed by atoms with Crippen LogP contribution in [0.1, 0.15) is 0 Å². The lowest BCUT2D eigenvalue weighted by Crippen LogP contribution is -1.93. The van der Waals surface area contributed by atoms with Crippen LogP contribution in [0, 0.1) is 0 Å². The van der Waals surface area contributed by atoms with Crippen molar-refractivity contribution in [1.82, 2.24) is 4.98 Å². The van der Waals surface area contributed by atoms with Gasteiger partial charge < -0.3 is 8.83 Å². The number of hydrogen-bond donors (Lipinski definition) is 0. The topological polar surface area (TPSA) is 39.2 Å². The first kappa shape index (κ1) is 28.8. The van der Waals surface area contributed by atoms with Crippen LogP contribution in [-0.2, 0) is 0 Å². The molecule has 3 aromatic heterocycles. The van der Waals surface area contributed by atoms with E-state index in [9.17, 15) is 0 Å². The molecule has 242 valence electrons. The highest BCUT2D eigenvalue weighted by molar-refractivity contribution is 6.15. The standard InChI is InChI=1S/C49H29NO2/c1-2-12-30(13-3-1)42-29-44(50-43-25-24-31-14-4-5-15-35(31)47(42)43)34-27-32(36-18-10-20-40-38-16-6-8-22-45(38)51-48(36)40)26-33(28-34)37-19-11-21-41-39-17-7-9-23-46(39)52-49(37)41/h1-29H. The van der Waals surface area contributed by atoms with E-state index in [1.54, 1.807) is 0 Å². The number of aromatic nitrogens is 1. The predicted octanol–water partition coefficient (Wildman–Crippen LogP) is 13.9. The summed E-state index contributed by atoms with van der Waals surface area (Å²) in [5.41, 5.74) is 12.8. The quantitative estimate of drug-likeness (QED) is 0.176. The summed E-state index contributed by atoms with van der Waals surface area (Å²) in [6.07, 6.45) is 0. The van der Waals surface area contributed by atoms with E-state index in [1.165, 1.54) is 10.8 Å². The molecule has 3 nitrogen and oxygen atoms in total. The lowest BCUT2D eigenvalue weighted by atomic mass is 9.91. The van der Waals surface area contributed by atoms with E-state index < -0.39 is 0 Å². The van der Waals surface area contributed by atoms with Gasteiger partial charge in [-0.15, -0.1) is 0 Å². The average Bonchev–Trinajstić information content (AvgIpc) is 3.79. The van der Waals surface area contributed by atoms with Gasteiger partial charge in [0.2, 0.25) is 0 Å². The molecule has 0 unspecified atom stereocenters. The smallest absolute Gasteiger partial charge is 0.143 e. The summed E-state index contributed by atoms with van der Waals surface area (Å²) < 4.78 is 13.2. The molecule has 0 amide bonds. The molecule has 0 saturated carbocycles. The van der Waals surface area contributed by atoms with Gasteiger partial charge in [0.05, 0.1) is 11.2 Å². The second kappa shape index (κ2) is 11.3. The van der Waals surface area contributed by atoms with Crippen LogP contribution in [0.5, 0.6) is 0 Å². The van der Waals surface area contributed by atoms with Crippen LogP contribution >= 0.6 is 0 Å². The fourth-order valence-electron chi connectivity index (χ4n) is 8.04. The highest BCUT2D eigenvalue weighted by Gasteiger charge is 2.19. The van der Waals surface area contributed by atoms with Gasteiger partial charge in [0.25, 0.3) is 0 Å². The number of nitrogens with zero attached hydrogens (tertiary/aromatic N) is 1. The minimum Gasteiger partial charge on any atom is -0.455 e. The summed E-state index contributed by atoms with van der Waals surface area (Å²) in [5.74, 6) is 0. The Hall–Kier alpha value is -6.97. The van der Waals surface area contributed by atoms with Crippen LogP contribution < -0.4 is 0 Å². The molecule has 11 rings (SSSR count). The monoisotopic (exact) mass is 663 g/mol. The Labute approximate surface area is 299 Å². The van der Waals surface area contributed by atoms with Crippen LogP contribution in [0.25, 0.3) is 110 Å². The Bertz CT molecular complexity index is 3050. The zero-order valence-electron chi connectivity index (χ0n) is 28.0. The largest absolute Gasteiger partial charge is 0.455 e. The second-order valence-corrected chi connectivity index (χ2v) is 13.5. The normalized spacial score (nSPS) is 11.8. The fourth-order valence-corrected chi connectivity index (χ4v) is 8.04. The first-order valence-electron chi connectivity index (χ1n) is 17.6. The maximum Gasteiger partial charge on any atom is 0.143 e. The van der Waals surface area contributed by atoms with E-state index in [4.69, 9.17) is 13.8 Å². The van der Waals surface area contributed by atoms with Gasteiger partial charge in [-0.25, -0.2) is 4.98 Å². The van der Waals surface area contributed by atoms with Crippen molar-refractivity contribution >= 4 is 65.6 Å². The molecule has 0 saturated heterocycles. The summed E-state index contributed by atoms with van der Waals surface area (Å²) in [7, 11) is 0. The molecule has 3 heteroatoms. The number of pyridine rings is 1. The van der Waals surface area contributed by atoms with Gasteiger partial charge in [0.1, 0.15) is 22.3 Å². The molecule has 0 aliphatic rings. The van der Waals surface area contributed by atoms with Gasteiger partial charge in [-0.3, -0.25) is 0 Å². The molecule has 11 aromatic rings. The summed E-state index contributed by atoms with van der Waals surface area (Å²) in [6.45, 7) is 0. The van der Waals surface area contributed by atoms with Gasteiger partial charge in [0.15, 0.2) is 0 Å². The third-order valence-corrected chi connectivity index (χ3v) is 10.4. The molecular weight excluding hydrogens is 635 g/mol. The van der Waals surface area contributed by atoms with Crippen molar-refractivity contribution in [3.8, 4) is 44.6 Å². The molecule has 0 aliphatic carbocycles. The highest BCUT2D eigenvalue weighted by atomic mass is 16.3. The molecule has 3 heterocycles. The zero-order valence-corrected chi connectivity index (χ0v) is 28.0. The predicted molar refractivity (Wildman–Crippen MR) is 216 cm³/mol. The maximum atomic E-state index is 6.58. The van der Waals surface area contributed by atoms with Gasteiger partial charge in [-0.2, -0.15) is 0 Å². The van der Waals surface area contributed by atoms with Gasteiger partial charge in [0, 0.05) is 43.6 Å². The highest BCUT2D eigenvalue weighted by Crippen LogP contribution is 2.43. The van der Waals surface area contributed by atoms with Crippen molar-refractivity contribution in [2.75, 3.05) is 0 Å². The van der Waals surface area contributed by atoms with Crippen molar-refractivity contribution < 1.29 is 8.83 Å². The Morgan fingerprint density at radius 2 is 0.885 bits per heavy atom. The van der Waals surface area contributed by atoms with Gasteiger partial charge in [-0.05, 0) is 75.5 Å². The Morgan fingerprint density at radius 3 is 1.54 bits per heavy atom. The number of benzene rings is 8. The van der Waals surface area contributed by atoms with Crippen LogP contribution in [0.3, 0.4) is 0 Å². The molecule has 0 N–H and O–H groups in total. The van der Waals surface area contributed by atoms with Crippen molar-refractivity contribution in [2.45, 2.75) is 0 Å². The zero-order chi connectivity index (χ0) is 34.2. The summed E-state index contributed by atoms with van der Waals surface area (Å²) in [6, 6.07) is 62.0. The molecule has 0 atom stereocenters. The van der Waals surface area contributed by atoms with Crippen molar-refractivity contribution in [2.24, 2.45) is 0 Å². The Balaban J connectivity index is 1.22. The fraction of sp³-hybridized carbons (Fsp3) is 0. The lowest BCUT2D eigenvalue weighted by molar-refractivity contribution is 0.670. The molecule has 52 heavy (non-hydrogen) atoms. The third kappa shape index (κ3) is 4.43. The number of hydrogen-bond acceptors (Lipinski definition) is 3. The number of para-hydroxylation sites is 4. The van der Waals surface area contributed by atoms with Crippen LogP contribution in [0.4, 0.5) is 0 Å². The van der Waals surface area contributed by atoms with Crippen LogP contribution in [0.15, 0.2) is 185 Å². The van der Waals surface area contributed by atoms with E-state index in [-0.39, 0.29) is 0 Å². The van der Waals surface area contributed by atoms with Gasteiger partial charge in [-0.1, -0.05) is 133 Å². The number of rotatable bonds is 4. The van der Waals surface area contributed by atoms with E-state index >= 15 is 0 Å². The minimum atomic E-state index is 0.872. The van der Waals surface area contributed by atoms with Crippen molar-refractivity contribution in [3.63, 3.8) is 0 Å². The number of furan rings is 2. The molecule has 0 aliphatic heterocycles. The van der Waals surface area contributed by atoms with Crippen LogP contribution in [0.2, 0.25) is 0 Å². The Morgan fingerprint density at radius 1 is 0.346 bits per heavy atom. The second-order valence-electron chi connectivity index (χ2n) is 13.5. The molecule has 8 aromatic carbocycles. The first-order valence-corrected chi connectivity index (χ1v) is 17.6.